The quantitative estimate of drug-likeness (QED) is 0.494. The number of para-hydroxylation sites is 4. The molecule has 0 spiro atoms. The highest BCUT2D eigenvalue weighted by Gasteiger charge is 2.16. The Balaban J connectivity index is 1.57. The predicted octanol–water partition coefficient (Wildman–Crippen LogP) is 2.78. The molecule has 0 saturated carbocycles. The maximum atomic E-state index is 10.1. The maximum absolute atomic E-state index is 10.1. The van der Waals surface area contributed by atoms with Crippen LogP contribution in [0.4, 0.5) is 0 Å². The van der Waals surface area contributed by atoms with E-state index in [1.807, 2.05) is 53.4 Å². The highest BCUT2D eigenvalue weighted by atomic mass is 16.3. The lowest BCUT2D eigenvalue weighted by molar-refractivity contribution is 0.00349. The Labute approximate surface area is 139 Å². The summed E-state index contributed by atoms with van der Waals surface area (Å²) in [5, 5.41) is 10.1. The fourth-order valence-electron chi connectivity index (χ4n) is 2.87. The number of benzene rings is 2. The molecule has 6 heteroatoms. The lowest BCUT2D eigenvalue weighted by Gasteiger charge is -2.23. The summed E-state index contributed by atoms with van der Waals surface area (Å²) in [6.07, 6.45) is -0.605. The summed E-state index contributed by atoms with van der Waals surface area (Å²) in [5.41, 5.74) is 3.87. The van der Waals surface area contributed by atoms with Crippen LogP contribution in [0.2, 0.25) is 0 Å². The molecule has 3 N–H and O–H groups in total. The van der Waals surface area contributed by atoms with Gasteiger partial charge >= 0.3 is 0 Å². The summed E-state index contributed by atoms with van der Waals surface area (Å²) in [7, 11) is 0. The highest BCUT2D eigenvalue weighted by Crippen LogP contribution is 2.16. The molecule has 0 aliphatic heterocycles. The lowest BCUT2D eigenvalue weighted by Crippen LogP contribution is -2.32. The zero-order chi connectivity index (χ0) is 16.5. The average Bonchev–Trinajstić information content (AvgIpc) is 3.16. The van der Waals surface area contributed by atoms with E-state index >= 15 is 0 Å². The minimum absolute atomic E-state index is 0.517. The van der Waals surface area contributed by atoms with Gasteiger partial charge in [-0.15, -0.1) is 0 Å². The third-order valence-electron chi connectivity index (χ3n) is 4.11. The summed E-state index contributed by atoms with van der Waals surface area (Å²) in [6, 6.07) is 15.8. The van der Waals surface area contributed by atoms with Crippen molar-refractivity contribution in [2.75, 3.05) is 0 Å². The fraction of sp³-hybridized carbons (Fsp3) is 0.222. The molecule has 2 aromatic heterocycles. The molecule has 0 aliphatic rings. The normalized spacial score (nSPS) is 13.1. The Hall–Kier alpha value is -2.70. The summed E-state index contributed by atoms with van der Waals surface area (Å²) in [5.74, 6) is 1.65. The summed E-state index contributed by atoms with van der Waals surface area (Å²) < 4.78 is 0. The van der Waals surface area contributed by atoms with E-state index in [1.165, 1.54) is 0 Å². The van der Waals surface area contributed by atoms with Crippen molar-refractivity contribution in [2.45, 2.75) is 26.2 Å². The second-order valence-electron chi connectivity index (χ2n) is 5.94. The van der Waals surface area contributed by atoms with Gasteiger partial charge in [0.05, 0.1) is 35.2 Å². The van der Waals surface area contributed by atoms with Crippen molar-refractivity contribution in [3.8, 4) is 0 Å². The Kier molecular flexibility index (Phi) is 3.76. The molecular weight excluding hydrogens is 302 g/mol. The van der Waals surface area contributed by atoms with Gasteiger partial charge in [0.15, 0.2) is 0 Å². The van der Waals surface area contributed by atoms with Gasteiger partial charge in [0, 0.05) is 0 Å². The topological polar surface area (TPSA) is 80.8 Å². The minimum Gasteiger partial charge on any atom is -0.379 e. The zero-order valence-electron chi connectivity index (χ0n) is 13.4. The number of aliphatic hydroxyl groups is 1. The molecule has 24 heavy (non-hydrogen) atoms. The van der Waals surface area contributed by atoms with Gasteiger partial charge in [-0.1, -0.05) is 24.3 Å². The number of imidazole rings is 2. The van der Waals surface area contributed by atoms with Crippen LogP contribution in [0.3, 0.4) is 0 Å². The number of aliphatic hydroxyl groups excluding tert-OH is 1. The number of hydrogen-bond donors (Lipinski definition) is 3. The molecule has 2 heterocycles. The average molecular weight is 321 g/mol. The first kappa shape index (κ1) is 14.9. The third-order valence-corrected chi connectivity index (χ3v) is 4.11. The van der Waals surface area contributed by atoms with E-state index in [2.05, 4.69) is 19.9 Å². The minimum atomic E-state index is -0.605. The molecule has 1 atom stereocenters. The van der Waals surface area contributed by atoms with Crippen molar-refractivity contribution < 1.29 is 5.11 Å². The predicted molar refractivity (Wildman–Crippen MR) is 93.1 cm³/mol. The van der Waals surface area contributed by atoms with Crippen LogP contribution in [0, 0.1) is 0 Å². The van der Waals surface area contributed by atoms with Crippen LogP contribution >= 0.6 is 0 Å². The van der Waals surface area contributed by atoms with Gasteiger partial charge < -0.3 is 15.1 Å². The van der Waals surface area contributed by atoms with Crippen molar-refractivity contribution >= 4 is 22.1 Å². The number of H-pyrrole nitrogens is 2. The lowest BCUT2D eigenvalue weighted by atomic mass is 10.3. The molecule has 0 bridgehead atoms. The van der Waals surface area contributed by atoms with Gasteiger partial charge in [-0.3, -0.25) is 4.90 Å². The number of aromatic nitrogens is 4. The van der Waals surface area contributed by atoms with E-state index in [-0.39, 0.29) is 0 Å². The molecule has 1 unspecified atom stereocenters. The Morgan fingerprint density at radius 3 is 1.75 bits per heavy atom. The van der Waals surface area contributed by atoms with Crippen molar-refractivity contribution in [1.82, 2.24) is 24.8 Å². The molecule has 4 rings (SSSR count). The number of rotatable bonds is 5. The van der Waals surface area contributed by atoms with E-state index in [1.54, 1.807) is 6.92 Å². The van der Waals surface area contributed by atoms with Crippen LogP contribution in [-0.4, -0.2) is 36.2 Å². The van der Waals surface area contributed by atoms with E-state index in [4.69, 9.17) is 0 Å². The SMILES string of the molecule is CC(O)N(Cc1nc2ccccc2[nH]1)Cc1nc2ccccc2[nH]1. The highest BCUT2D eigenvalue weighted by molar-refractivity contribution is 5.75. The van der Waals surface area contributed by atoms with Gasteiger partial charge in [0.2, 0.25) is 0 Å². The Morgan fingerprint density at radius 1 is 0.875 bits per heavy atom. The molecule has 0 radical (unpaired) electrons. The summed E-state index contributed by atoms with van der Waals surface area (Å²) in [4.78, 5) is 17.7. The van der Waals surface area contributed by atoms with Crippen molar-refractivity contribution in [1.29, 1.82) is 0 Å². The molecule has 0 fully saturated rings. The second kappa shape index (κ2) is 6.07. The van der Waals surface area contributed by atoms with Crippen LogP contribution in [0.5, 0.6) is 0 Å². The van der Waals surface area contributed by atoms with Crippen molar-refractivity contribution in [2.24, 2.45) is 0 Å². The number of fused-ring (bicyclic) bond motifs is 2. The largest absolute Gasteiger partial charge is 0.379 e. The van der Waals surface area contributed by atoms with Crippen LogP contribution < -0.4 is 0 Å². The summed E-state index contributed by atoms with van der Waals surface area (Å²) in [6.45, 7) is 2.79. The first-order valence-electron chi connectivity index (χ1n) is 7.98. The number of nitrogens with one attached hydrogen (secondary N) is 2. The maximum Gasteiger partial charge on any atom is 0.121 e. The van der Waals surface area contributed by atoms with Crippen LogP contribution in [0.25, 0.3) is 22.1 Å². The molecule has 122 valence electrons. The monoisotopic (exact) mass is 321 g/mol. The van der Waals surface area contributed by atoms with Crippen molar-refractivity contribution in [3.05, 3.63) is 60.2 Å². The molecule has 0 saturated heterocycles. The van der Waals surface area contributed by atoms with Gasteiger partial charge in [-0.25, -0.2) is 9.97 Å². The van der Waals surface area contributed by atoms with Gasteiger partial charge in [-0.05, 0) is 31.2 Å². The zero-order valence-corrected chi connectivity index (χ0v) is 13.4. The molecule has 4 aromatic rings. The number of hydrogen-bond acceptors (Lipinski definition) is 4. The van der Waals surface area contributed by atoms with Crippen molar-refractivity contribution in [3.63, 3.8) is 0 Å². The van der Waals surface area contributed by atoms with Crippen LogP contribution in [0.1, 0.15) is 18.6 Å². The van der Waals surface area contributed by atoms with Crippen LogP contribution in [-0.2, 0) is 13.1 Å². The van der Waals surface area contributed by atoms with E-state index < -0.39 is 6.23 Å². The third kappa shape index (κ3) is 2.89. The number of aromatic amines is 2. The molecule has 0 amide bonds. The van der Waals surface area contributed by atoms with E-state index in [9.17, 15) is 5.11 Å². The van der Waals surface area contributed by atoms with Gasteiger partial charge in [-0.2, -0.15) is 0 Å². The summed E-state index contributed by atoms with van der Waals surface area (Å²) >= 11 is 0. The standard InChI is InChI=1S/C18H19N5O/c1-12(24)23(10-17-19-13-6-2-3-7-14(13)20-17)11-18-21-15-8-4-5-9-16(15)22-18/h2-9,12,24H,10-11H2,1H3,(H,19,20)(H,21,22). The molecule has 6 nitrogen and oxygen atoms in total. The second-order valence-corrected chi connectivity index (χ2v) is 5.94. The van der Waals surface area contributed by atoms with Crippen LogP contribution in [0.15, 0.2) is 48.5 Å². The van der Waals surface area contributed by atoms with E-state index in [0.29, 0.717) is 13.1 Å². The Bertz CT molecular complexity index is 830. The Morgan fingerprint density at radius 2 is 1.33 bits per heavy atom. The first-order chi connectivity index (χ1) is 11.7. The van der Waals surface area contributed by atoms with Gasteiger partial charge in [0.25, 0.3) is 0 Å². The van der Waals surface area contributed by atoms with Gasteiger partial charge in [0.1, 0.15) is 17.9 Å². The fourth-order valence-corrected chi connectivity index (χ4v) is 2.87. The molecule has 2 aromatic carbocycles. The van der Waals surface area contributed by atoms with E-state index in [0.717, 1.165) is 33.7 Å². The number of nitrogens with zero attached hydrogens (tertiary/aromatic N) is 3. The smallest absolute Gasteiger partial charge is 0.121 e. The molecule has 0 aliphatic carbocycles. The molecular formula is C18H19N5O. The first-order valence-corrected chi connectivity index (χ1v) is 7.98.